The van der Waals surface area contributed by atoms with Gasteiger partial charge in [0.15, 0.2) is 0 Å². The molecule has 4 nitrogen and oxygen atoms in total. The Morgan fingerprint density at radius 1 is 0.882 bits per heavy atom. The molecule has 0 amide bonds. The fourth-order valence-electron chi connectivity index (χ4n) is 10.9. The van der Waals surface area contributed by atoms with Gasteiger partial charge in [0, 0.05) is 17.3 Å². The van der Waals surface area contributed by atoms with E-state index in [2.05, 4.69) is 41.5 Å². The highest BCUT2D eigenvalue weighted by atomic mass is 16.5. The van der Waals surface area contributed by atoms with Crippen LogP contribution in [0.25, 0.3) is 0 Å². The van der Waals surface area contributed by atoms with E-state index in [4.69, 9.17) is 4.74 Å². The van der Waals surface area contributed by atoms with Crippen molar-refractivity contribution in [3.8, 4) is 0 Å². The van der Waals surface area contributed by atoms with Crippen molar-refractivity contribution in [3.63, 3.8) is 0 Å². The van der Waals surface area contributed by atoms with Crippen molar-refractivity contribution in [2.75, 3.05) is 0 Å². The highest BCUT2D eigenvalue weighted by Gasteiger charge is 2.72. The Balaban J connectivity index is 1.48. The zero-order valence-corrected chi connectivity index (χ0v) is 23.0. The quantitative estimate of drug-likeness (QED) is 0.521. The van der Waals surface area contributed by atoms with Crippen molar-refractivity contribution in [1.82, 2.24) is 0 Å². The molecule has 5 aliphatic rings. The number of hydrogen-bond acceptors (Lipinski definition) is 4. The molecule has 0 aromatic carbocycles. The molecular formula is C30H50O4. The molecule has 0 aromatic heterocycles. The lowest BCUT2D eigenvalue weighted by Crippen LogP contribution is -2.68. The van der Waals surface area contributed by atoms with Crippen LogP contribution in [0.5, 0.6) is 0 Å². The molecule has 0 spiro atoms. The second-order valence-electron chi connectivity index (χ2n) is 15.1. The number of hydrogen-bond donors (Lipinski definition) is 2. The first-order chi connectivity index (χ1) is 15.5. The van der Waals surface area contributed by atoms with Crippen molar-refractivity contribution < 1.29 is 19.7 Å². The van der Waals surface area contributed by atoms with Gasteiger partial charge < -0.3 is 14.9 Å². The predicted molar refractivity (Wildman–Crippen MR) is 134 cm³/mol. The van der Waals surface area contributed by atoms with Crippen LogP contribution in [0, 0.1) is 45.3 Å². The van der Waals surface area contributed by atoms with Gasteiger partial charge in [0.1, 0.15) is 5.78 Å². The van der Waals surface area contributed by atoms with E-state index in [1.165, 1.54) is 6.42 Å². The molecule has 4 heteroatoms. The number of ketones is 1. The van der Waals surface area contributed by atoms with E-state index in [-0.39, 0.29) is 45.4 Å². The number of carbonyl (C=O) groups excluding carboxylic acids is 1. The maximum Gasteiger partial charge on any atom is 0.138 e. The molecule has 4 aliphatic carbocycles. The Labute approximate surface area is 207 Å². The summed E-state index contributed by atoms with van der Waals surface area (Å²) >= 11 is 0. The SMILES string of the molecule is CC(C)(O)[C@@H]1CC[C@@](C)([C@H]2CC[C@]3(C)[C@@H]2CC[C@@H]2[C@@]4(C)CCC(=O)C(C)(C)[C@@H]4C[C@H](O)[C@]23C)O1. The van der Waals surface area contributed by atoms with Crippen molar-refractivity contribution in [3.05, 3.63) is 0 Å². The van der Waals surface area contributed by atoms with Crippen molar-refractivity contribution >= 4 is 5.78 Å². The van der Waals surface area contributed by atoms with Gasteiger partial charge in [-0.3, -0.25) is 4.79 Å². The van der Waals surface area contributed by atoms with Gasteiger partial charge in [0.25, 0.3) is 0 Å². The van der Waals surface area contributed by atoms with E-state index < -0.39 is 5.60 Å². The monoisotopic (exact) mass is 474 g/mol. The highest BCUT2D eigenvalue weighted by molar-refractivity contribution is 5.85. The molecule has 0 unspecified atom stereocenters. The topological polar surface area (TPSA) is 66.8 Å². The summed E-state index contributed by atoms with van der Waals surface area (Å²) in [6.07, 6.45) is 8.51. The number of ether oxygens (including phenoxy) is 1. The lowest BCUT2D eigenvalue weighted by atomic mass is 9.35. The summed E-state index contributed by atoms with van der Waals surface area (Å²) < 4.78 is 6.68. The molecule has 5 fully saturated rings. The molecule has 0 bridgehead atoms. The van der Waals surface area contributed by atoms with E-state index in [0.29, 0.717) is 30.0 Å². The van der Waals surface area contributed by atoms with Crippen LogP contribution in [0.2, 0.25) is 0 Å². The number of rotatable bonds is 2. The van der Waals surface area contributed by atoms with E-state index in [1.807, 2.05) is 13.8 Å². The van der Waals surface area contributed by atoms with Crippen LogP contribution >= 0.6 is 0 Å². The van der Waals surface area contributed by atoms with Gasteiger partial charge >= 0.3 is 0 Å². The normalized spacial score (nSPS) is 54.9. The van der Waals surface area contributed by atoms with Crippen LogP contribution in [0.15, 0.2) is 0 Å². The number of carbonyl (C=O) groups is 1. The molecular weight excluding hydrogens is 424 g/mol. The maximum absolute atomic E-state index is 12.9. The average Bonchev–Trinajstić information content (AvgIpc) is 3.30. The van der Waals surface area contributed by atoms with Gasteiger partial charge in [-0.05, 0) is 107 Å². The number of aliphatic hydroxyl groups excluding tert-OH is 1. The van der Waals surface area contributed by atoms with Crippen LogP contribution < -0.4 is 0 Å². The zero-order chi connectivity index (χ0) is 25.1. The fourth-order valence-corrected chi connectivity index (χ4v) is 10.9. The third-order valence-electron chi connectivity index (χ3n) is 13.1. The maximum atomic E-state index is 12.9. The molecule has 34 heavy (non-hydrogen) atoms. The minimum Gasteiger partial charge on any atom is -0.393 e. The Kier molecular flexibility index (Phi) is 5.42. The lowest BCUT2D eigenvalue weighted by molar-refractivity contribution is -0.251. The average molecular weight is 475 g/mol. The standard InChI is InChI=1S/C30H50O4/c1-25(2)21-17-23(32)30(8)20(27(21,5)14-12-22(25)31)10-9-18-19(11-15-28(18,30)6)29(7)16-13-24(34-29)26(3,4)33/h18-21,23-24,32-33H,9-17H2,1-8H3/t18-,19+,20-,21+,23+,24+,27-,28-,29+,30+/m1/s1. The zero-order valence-electron chi connectivity index (χ0n) is 23.0. The lowest BCUT2D eigenvalue weighted by Gasteiger charge is -2.70. The van der Waals surface area contributed by atoms with Crippen LogP contribution in [0.3, 0.4) is 0 Å². The molecule has 1 heterocycles. The van der Waals surface area contributed by atoms with Gasteiger partial charge in [-0.2, -0.15) is 0 Å². The van der Waals surface area contributed by atoms with E-state index in [0.717, 1.165) is 44.9 Å². The summed E-state index contributed by atoms with van der Waals surface area (Å²) in [5.41, 5.74) is -1.31. The van der Waals surface area contributed by atoms with Gasteiger partial charge in [-0.1, -0.05) is 34.6 Å². The van der Waals surface area contributed by atoms with Crippen LogP contribution in [-0.2, 0) is 9.53 Å². The summed E-state index contributed by atoms with van der Waals surface area (Å²) in [7, 11) is 0. The van der Waals surface area contributed by atoms with Crippen molar-refractivity contribution in [2.45, 2.75) is 137 Å². The Bertz CT molecular complexity index is 858. The molecule has 194 valence electrons. The van der Waals surface area contributed by atoms with Crippen LogP contribution in [0.1, 0.15) is 113 Å². The second-order valence-corrected chi connectivity index (χ2v) is 15.1. The molecule has 4 saturated carbocycles. The van der Waals surface area contributed by atoms with Crippen molar-refractivity contribution in [2.24, 2.45) is 45.3 Å². The Morgan fingerprint density at radius 3 is 2.18 bits per heavy atom. The summed E-state index contributed by atoms with van der Waals surface area (Å²) in [4.78, 5) is 12.9. The molecule has 2 N–H and O–H groups in total. The minimum atomic E-state index is -0.808. The van der Waals surface area contributed by atoms with Gasteiger partial charge in [-0.15, -0.1) is 0 Å². The molecule has 1 saturated heterocycles. The third kappa shape index (κ3) is 3.03. The van der Waals surface area contributed by atoms with Crippen molar-refractivity contribution in [1.29, 1.82) is 0 Å². The third-order valence-corrected chi connectivity index (χ3v) is 13.1. The first kappa shape index (κ1) is 25.2. The minimum absolute atomic E-state index is 0.0682. The van der Waals surface area contributed by atoms with E-state index >= 15 is 0 Å². The molecule has 1 aliphatic heterocycles. The van der Waals surface area contributed by atoms with Crippen LogP contribution in [0.4, 0.5) is 0 Å². The van der Waals surface area contributed by atoms with Gasteiger partial charge in [0.2, 0.25) is 0 Å². The first-order valence-electron chi connectivity index (χ1n) is 14.1. The Morgan fingerprint density at radius 2 is 1.56 bits per heavy atom. The number of Topliss-reactive ketones (excluding diaryl/α,β-unsaturated/α-hetero) is 1. The molecule has 5 rings (SSSR count). The summed E-state index contributed by atoms with van der Waals surface area (Å²) in [5.74, 6) is 2.11. The van der Waals surface area contributed by atoms with E-state index in [9.17, 15) is 15.0 Å². The smallest absolute Gasteiger partial charge is 0.138 e. The second kappa shape index (κ2) is 7.32. The Hall–Kier alpha value is -0.450. The summed E-state index contributed by atoms with van der Waals surface area (Å²) in [6.45, 7) is 17.7. The number of aliphatic hydroxyl groups is 2. The van der Waals surface area contributed by atoms with Gasteiger partial charge in [-0.25, -0.2) is 0 Å². The number of fused-ring (bicyclic) bond motifs is 5. The highest BCUT2D eigenvalue weighted by Crippen LogP contribution is 2.75. The predicted octanol–water partition coefficient (Wildman–Crippen LogP) is 5.92. The molecule has 10 atom stereocenters. The summed E-state index contributed by atoms with van der Waals surface area (Å²) in [5, 5.41) is 22.6. The molecule has 0 aromatic rings. The van der Waals surface area contributed by atoms with Crippen LogP contribution in [-0.4, -0.2) is 39.4 Å². The first-order valence-corrected chi connectivity index (χ1v) is 14.1. The molecule has 0 radical (unpaired) electrons. The summed E-state index contributed by atoms with van der Waals surface area (Å²) in [6, 6.07) is 0. The fraction of sp³-hybridized carbons (Fsp3) is 0.967. The van der Waals surface area contributed by atoms with Gasteiger partial charge in [0.05, 0.1) is 23.4 Å². The van der Waals surface area contributed by atoms with E-state index in [1.54, 1.807) is 0 Å². The largest absolute Gasteiger partial charge is 0.393 e.